The van der Waals surface area contributed by atoms with Gasteiger partial charge >= 0.3 is 0 Å². The molecule has 0 radical (unpaired) electrons. The molecule has 1 N–H and O–H groups in total. The predicted molar refractivity (Wildman–Crippen MR) is 114 cm³/mol. The van der Waals surface area contributed by atoms with E-state index in [0.717, 1.165) is 31.4 Å². The maximum absolute atomic E-state index is 12.4. The van der Waals surface area contributed by atoms with Crippen LogP contribution >= 0.6 is 0 Å². The number of nitrogens with one attached hydrogen (secondary N) is 1. The molecule has 154 valence electrons. The van der Waals surface area contributed by atoms with Crippen LogP contribution in [-0.2, 0) is 22.4 Å². The molecule has 1 aliphatic heterocycles. The third-order valence-corrected chi connectivity index (χ3v) is 5.56. The van der Waals surface area contributed by atoms with Crippen LogP contribution in [0.1, 0.15) is 30.4 Å². The van der Waals surface area contributed by atoms with Crippen LogP contribution in [0, 0.1) is 5.92 Å². The Labute approximate surface area is 173 Å². The minimum Gasteiger partial charge on any atom is -0.497 e. The number of hydrogen-bond donors (Lipinski definition) is 1. The van der Waals surface area contributed by atoms with E-state index >= 15 is 0 Å². The van der Waals surface area contributed by atoms with Gasteiger partial charge in [-0.15, -0.1) is 0 Å². The summed E-state index contributed by atoms with van der Waals surface area (Å²) in [6.45, 7) is 1.97. The Kier molecular flexibility index (Phi) is 7.68. The molecule has 29 heavy (non-hydrogen) atoms. The van der Waals surface area contributed by atoms with Crippen LogP contribution in [-0.4, -0.2) is 43.5 Å². The zero-order valence-corrected chi connectivity index (χ0v) is 17.1. The summed E-state index contributed by atoms with van der Waals surface area (Å²) in [7, 11) is 1.65. The van der Waals surface area contributed by atoms with E-state index in [2.05, 4.69) is 17.4 Å². The first-order valence-electron chi connectivity index (χ1n) is 10.4. The second-order valence-electron chi connectivity index (χ2n) is 7.53. The molecule has 1 heterocycles. The summed E-state index contributed by atoms with van der Waals surface area (Å²) in [6, 6.07) is 18.0. The highest BCUT2D eigenvalue weighted by Crippen LogP contribution is 2.19. The smallest absolute Gasteiger partial charge is 0.223 e. The van der Waals surface area contributed by atoms with Crippen molar-refractivity contribution < 1.29 is 14.3 Å². The predicted octanol–water partition coefficient (Wildman–Crippen LogP) is 3.23. The Bertz CT molecular complexity index is 782. The van der Waals surface area contributed by atoms with Gasteiger partial charge in [-0.05, 0) is 48.9 Å². The summed E-state index contributed by atoms with van der Waals surface area (Å²) in [5.74, 6) is 1.13. The van der Waals surface area contributed by atoms with Gasteiger partial charge in [0.15, 0.2) is 0 Å². The van der Waals surface area contributed by atoms with Gasteiger partial charge in [0.25, 0.3) is 0 Å². The number of carbonyl (C=O) groups excluding carboxylic acids is 2. The Morgan fingerprint density at radius 1 is 0.966 bits per heavy atom. The van der Waals surface area contributed by atoms with Gasteiger partial charge in [0.1, 0.15) is 5.75 Å². The van der Waals surface area contributed by atoms with Crippen LogP contribution in [0.4, 0.5) is 0 Å². The normalized spacial score (nSPS) is 14.4. The molecule has 2 aromatic rings. The van der Waals surface area contributed by atoms with Crippen LogP contribution < -0.4 is 10.1 Å². The molecule has 0 bridgehead atoms. The number of benzene rings is 2. The molecule has 5 heteroatoms. The van der Waals surface area contributed by atoms with Crippen molar-refractivity contribution in [3.63, 3.8) is 0 Å². The average molecular weight is 395 g/mol. The van der Waals surface area contributed by atoms with Crippen molar-refractivity contribution in [2.45, 2.75) is 32.1 Å². The molecule has 0 saturated carbocycles. The number of likely N-dealkylation sites (tertiary alicyclic amines) is 1. The van der Waals surface area contributed by atoms with Gasteiger partial charge in [-0.2, -0.15) is 0 Å². The molecule has 2 aromatic carbocycles. The summed E-state index contributed by atoms with van der Waals surface area (Å²) >= 11 is 0. The molecule has 1 aliphatic rings. The highest BCUT2D eigenvalue weighted by Gasteiger charge is 2.26. The number of hydrogen-bond acceptors (Lipinski definition) is 3. The van der Waals surface area contributed by atoms with E-state index in [0.29, 0.717) is 26.1 Å². The fourth-order valence-corrected chi connectivity index (χ4v) is 3.71. The van der Waals surface area contributed by atoms with E-state index in [1.807, 2.05) is 47.4 Å². The van der Waals surface area contributed by atoms with Gasteiger partial charge in [0, 0.05) is 32.0 Å². The van der Waals surface area contributed by atoms with Crippen LogP contribution in [0.25, 0.3) is 0 Å². The first kappa shape index (κ1) is 20.9. The van der Waals surface area contributed by atoms with Crippen molar-refractivity contribution >= 4 is 11.8 Å². The van der Waals surface area contributed by atoms with Gasteiger partial charge < -0.3 is 15.0 Å². The van der Waals surface area contributed by atoms with Gasteiger partial charge in [-0.3, -0.25) is 9.59 Å². The molecule has 5 nitrogen and oxygen atoms in total. The lowest BCUT2D eigenvalue weighted by molar-refractivity contribution is -0.135. The maximum Gasteiger partial charge on any atom is 0.223 e. The Morgan fingerprint density at radius 2 is 1.62 bits per heavy atom. The second kappa shape index (κ2) is 10.6. The van der Waals surface area contributed by atoms with Crippen LogP contribution in [0.15, 0.2) is 54.6 Å². The van der Waals surface area contributed by atoms with E-state index < -0.39 is 0 Å². The molecular weight excluding hydrogens is 364 g/mol. The summed E-state index contributed by atoms with van der Waals surface area (Å²) in [5, 5.41) is 3.05. The van der Waals surface area contributed by atoms with Crippen molar-refractivity contribution in [1.82, 2.24) is 10.2 Å². The molecule has 1 fully saturated rings. The number of carbonyl (C=O) groups is 2. The summed E-state index contributed by atoms with van der Waals surface area (Å²) in [6.07, 6.45) is 3.58. The molecule has 0 spiro atoms. The standard InChI is InChI=1S/C24H30N2O3/c1-29-22-10-7-20(8-11-22)13-16-25-24(28)21-14-17-26(18-15-21)23(27)12-9-19-5-3-2-4-6-19/h2-8,10-11,21H,9,12-18H2,1H3,(H,25,28). The number of methoxy groups -OCH3 is 1. The summed E-state index contributed by atoms with van der Waals surface area (Å²) in [5.41, 5.74) is 2.36. The Morgan fingerprint density at radius 3 is 2.28 bits per heavy atom. The van der Waals surface area contributed by atoms with E-state index in [1.54, 1.807) is 7.11 Å². The minimum absolute atomic E-state index is 0.00374. The average Bonchev–Trinajstić information content (AvgIpc) is 2.78. The van der Waals surface area contributed by atoms with E-state index in [4.69, 9.17) is 4.74 Å². The molecule has 3 rings (SSSR count). The van der Waals surface area contributed by atoms with Crippen LogP contribution in [0.2, 0.25) is 0 Å². The molecule has 0 unspecified atom stereocenters. The number of ether oxygens (including phenoxy) is 1. The van der Waals surface area contributed by atoms with Crippen molar-refractivity contribution in [3.05, 3.63) is 65.7 Å². The number of rotatable bonds is 8. The highest BCUT2D eigenvalue weighted by molar-refractivity contribution is 5.80. The number of amides is 2. The molecule has 0 aliphatic carbocycles. The fourth-order valence-electron chi connectivity index (χ4n) is 3.71. The topological polar surface area (TPSA) is 58.6 Å². The fraction of sp³-hybridized carbons (Fsp3) is 0.417. The third kappa shape index (κ3) is 6.34. The highest BCUT2D eigenvalue weighted by atomic mass is 16.5. The van der Waals surface area contributed by atoms with E-state index in [9.17, 15) is 9.59 Å². The molecule has 0 aromatic heterocycles. The third-order valence-electron chi connectivity index (χ3n) is 5.56. The van der Waals surface area contributed by atoms with Crippen LogP contribution in [0.5, 0.6) is 5.75 Å². The second-order valence-corrected chi connectivity index (χ2v) is 7.53. The minimum atomic E-state index is 0.00374. The molecule has 1 saturated heterocycles. The van der Waals surface area contributed by atoms with Gasteiger partial charge in [-0.1, -0.05) is 42.5 Å². The molecule has 2 amide bonds. The lowest BCUT2D eigenvalue weighted by Gasteiger charge is -2.31. The van der Waals surface area contributed by atoms with Gasteiger partial charge in [0.2, 0.25) is 11.8 Å². The Balaban J connectivity index is 1.34. The van der Waals surface area contributed by atoms with Crippen molar-refractivity contribution in [3.8, 4) is 5.75 Å². The number of aryl methyl sites for hydroxylation is 1. The van der Waals surface area contributed by atoms with Crippen molar-refractivity contribution in [1.29, 1.82) is 0 Å². The van der Waals surface area contributed by atoms with E-state index in [-0.39, 0.29) is 17.7 Å². The zero-order valence-electron chi connectivity index (χ0n) is 17.1. The first-order chi connectivity index (χ1) is 14.2. The number of piperidine rings is 1. The Hall–Kier alpha value is -2.82. The SMILES string of the molecule is COc1ccc(CCNC(=O)C2CCN(C(=O)CCc3ccccc3)CC2)cc1. The van der Waals surface area contributed by atoms with Crippen LogP contribution in [0.3, 0.4) is 0 Å². The van der Waals surface area contributed by atoms with Crippen molar-refractivity contribution in [2.75, 3.05) is 26.7 Å². The van der Waals surface area contributed by atoms with Gasteiger partial charge in [-0.25, -0.2) is 0 Å². The van der Waals surface area contributed by atoms with Crippen molar-refractivity contribution in [2.24, 2.45) is 5.92 Å². The summed E-state index contributed by atoms with van der Waals surface area (Å²) in [4.78, 5) is 26.8. The molecular formula is C24H30N2O3. The summed E-state index contributed by atoms with van der Waals surface area (Å²) < 4.78 is 5.16. The zero-order chi connectivity index (χ0) is 20.5. The largest absolute Gasteiger partial charge is 0.497 e. The monoisotopic (exact) mass is 394 g/mol. The van der Waals surface area contributed by atoms with E-state index in [1.165, 1.54) is 11.1 Å². The lowest BCUT2D eigenvalue weighted by atomic mass is 9.95. The maximum atomic E-state index is 12.4. The number of nitrogens with zero attached hydrogens (tertiary/aromatic N) is 1. The molecule has 0 atom stereocenters. The first-order valence-corrected chi connectivity index (χ1v) is 10.4. The quantitative estimate of drug-likeness (QED) is 0.748. The van der Waals surface area contributed by atoms with Gasteiger partial charge in [0.05, 0.1) is 7.11 Å². The lowest BCUT2D eigenvalue weighted by Crippen LogP contribution is -2.43.